The number of phenols is 1. The molecule has 0 bridgehead atoms. The summed E-state index contributed by atoms with van der Waals surface area (Å²) in [6.45, 7) is 3.81. The van der Waals surface area contributed by atoms with E-state index in [-0.39, 0.29) is 17.5 Å². The van der Waals surface area contributed by atoms with E-state index in [0.717, 1.165) is 0 Å². The van der Waals surface area contributed by atoms with E-state index in [2.05, 4.69) is 0 Å². The van der Waals surface area contributed by atoms with E-state index in [1.807, 2.05) is 13.8 Å². The van der Waals surface area contributed by atoms with Crippen LogP contribution in [-0.2, 0) is 0 Å². The summed E-state index contributed by atoms with van der Waals surface area (Å²) < 4.78 is 0. The van der Waals surface area contributed by atoms with Crippen molar-refractivity contribution in [3.05, 3.63) is 29.8 Å². The molecule has 0 aliphatic heterocycles. The minimum Gasteiger partial charge on any atom is -0.508 e. The van der Waals surface area contributed by atoms with Crippen LogP contribution in [0.2, 0.25) is 0 Å². The number of Topliss-reactive ketones (excluding diaryl/α,β-unsaturated/α-hetero) is 1. The Hall–Kier alpha value is -1.35. The minimum absolute atomic E-state index is 0.0833. The van der Waals surface area contributed by atoms with Gasteiger partial charge in [0.05, 0.1) is 6.04 Å². The predicted octanol–water partition coefficient (Wildman–Crippen LogP) is 1.56. The number of carbonyl (C=O) groups excluding carboxylic acids is 1. The summed E-state index contributed by atoms with van der Waals surface area (Å²) in [6, 6.07) is 5.67. The first-order valence-electron chi connectivity index (χ1n) is 4.61. The summed E-state index contributed by atoms with van der Waals surface area (Å²) in [7, 11) is 0. The quantitative estimate of drug-likeness (QED) is 0.716. The van der Waals surface area contributed by atoms with Gasteiger partial charge in [0, 0.05) is 5.56 Å². The fourth-order valence-electron chi connectivity index (χ4n) is 1.12. The highest BCUT2D eigenvalue weighted by atomic mass is 16.3. The molecule has 1 unspecified atom stereocenters. The van der Waals surface area contributed by atoms with Crippen molar-refractivity contribution in [1.82, 2.24) is 0 Å². The lowest BCUT2D eigenvalue weighted by Crippen LogP contribution is -2.35. The van der Waals surface area contributed by atoms with Crippen molar-refractivity contribution in [2.24, 2.45) is 11.7 Å². The van der Waals surface area contributed by atoms with Crippen molar-refractivity contribution in [1.29, 1.82) is 0 Å². The van der Waals surface area contributed by atoms with Gasteiger partial charge in [0.1, 0.15) is 5.75 Å². The SMILES string of the molecule is CC(C)C(N)C(=O)c1ccc(O)cc1. The first-order valence-corrected chi connectivity index (χ1v) is 4.61. The summed E-state index contributed by atoms with van der Waals surface area (Å²) in [6.07, 6.45) is 0. The lowest BCUT2D eigenvalue weighted by atomic mass is 9.96. The number of aromatic hydroxyl groups is 1. The van der Waals surface area contributed by atoms with Gasteiger partial charge in [-0.05, 0) is 30.2 Å². The van der Waals surface area contributed by atoms with Crippen molar-refractivity contribution in [3.63, 3.8) is 0 Å². The average molecular weight is 193 g/mol. The Morgan fingerprint density at radius 2 is 1.79 bits per heavy atom. The van der Waals surface area contributed by atoms with E-state index >= 15 is 0 Å². The summed E-state index contributed by atoms with van der Waals surface area (Å²) >= 11 is 0. The molecule has 0 saturated heterocycles. The number of benzene rings is 1. The molecule has 0 fully saturated rings. The van der Waals surface area contributed by atoms with Gasteiger partial charge in [-0.15, -0.1) is 0 Å². The number of carbonyl (C=O) groups is 1. The molecule has 0 aliphatic rings. The molecule has 1 aromatic carbocycles. The van der Waals surface area contributed by atoms with Crippen LogP contribution in [0, 0.1) is 5.92 Å². The summed E-state index contributed by atoms with van der Waals surface area (Å²) in [5.41, 5.74) is 6.26. The maximum absolute atomic E-state index is 11.7. The Balaban J connectivity index is 2.84. The molecule has 0 heterocycles. The van der Waals surface area contributed by atoms with Crippen LogP contribution in [0.5, 0.6) is 5.75 Å². The lowest BCUT2D eigenvalue weighted by Gasteiger charge is -2.13. The third kappa shape index (κ3) is 2.33. The second kappa shape index (κ2) is 4.24. The molecule has 0 aromatic heterocycles. The highest BCUT2D eigenvalue weighted by Gasteiger charge is 2.18. The molecular weight excluding hydrogens is 178 g/mol. The van der Waals surface area contributed by atoms with Gasteiger partial charge in [0.15, 0.2) is 5.78 Å². The van der Waals surface area contributed by atoms with Gasteiger partial charge in [0.2, 0.25) is 0 Å². The van der Waals surface area contributed by atoms with Crippen molar-refractivity contribution in [3.8, 4) is 5.75 Å². The van der Waals surface area contributed by atoms with Crippen LogP contribution in [-0.4, -0.2) is 16.9 Å². The van der Waals surface area contributed by atoms with Gasteiger partial charge in [-0.2, -0.15) is 0 Å². The third-order valence-corrected chi connectivity index (χ3v) is 2.17. The van der Waals surface area contributed by atoms with Crippen LogP contribution < -0.4 is 5.73 Å². The Labute approximate surface area is 83.6 Å². The topological polar surface area (TPSA) is 63.3 Å². The molecule has 0 aliphatic carbocycles. The molecule has 0 amide bonds. The van der Waals surface area contributed by atoms with E-state index in [0.29, 0.717) is 5.56 Å². The highest BCUT2D eigenvalue weighted by Crippen LogP contribution is 2.13. The molecule has 14 heavy (non-hydrogen) atoms. The molecule has 76 valence electrons. The fourth-order valence-corrected chi connectivity index (χ4v) is 1.12. The summed E-state index contributed by atoms with van der Waals surface area (Å²) in [5.74, 6) is 0.191. The number of rotatable bonds is 3. The van der Waals surface area contributed by atoms with E-state index < -0.39 is 6.04 Å². The number of nitrogens with two attached hydrogens (primary N) is 1. The maximum atomic E-state index is 11.7. The molecular formula is C11H15NO2. The zero-order valence-corrected chi connectivity index (χ0v) is 8.40. The minimum atomic E-state index is -0.473. The van der Waals surface area contributed by atoms with Crippen LogP contribution in [0.3, 0.4) is 0 Å². The molecule has 1 rings (SSSR count). The van der Waals surface area contributed by atoms with Crippen molar-refractivity contribution in [2.45, 2.75) is 19.9 Å². The van der Waals surface area contributed by atoms with Gasteiger partial charge in [-0.1, -0.05) is 13.8 Å². The average Bonchev–Trinajstić information content (AvgIpc) is 2.16. The zero-order chi connectivity index (χ0) is 10.7. The van der Waals surface area contributed by atoms with E-state index in [9.17, 15) is 4.79 Å². The summed E-state index contributed by atoms with van der Waals surface area (Å²) in [4.78, 5) is 11.7. The smallest absolute Gasteiger partial charge is 0.179 e. The van der Waals surface area contributed by atoms with Gasteiger partial charge >= 0.3 is 0 Å². The van der Waals surface area contributed by atoms with E-state index in [1.165, 1.54) is 12.1 Å². The van der Waals surface area contributed by atoms with Gasteiger partial charge in [-0.3, -0.25) is 4.79 Å². The number of hydrogen-bond acceptors (Lipinski definition) is 3. The Bertz CT molecular complexity index is 317. The van der Waals surface area contributed by atoms with Crippen LogP contribution >= 0.6 is 0 Å². The molecule has 0 radical (unpaired) electrons. The first kappa shape index (κ1) is 10.7. The third-order valence-electron chi connectivity index (χ3n) is 2.17. The van der Waals surface area contributed by atoms with E-state index in [4.69, 9.17) is 10.8 Å². The monoisotopic (exact) mass is 193 g/mol. The van der Waals surface area contributed by atoms with Crippen molar-refractivity contribution >= 4 is 5.78 Å². The zero-order valence-electron chi connectivity index (χ0n) is 8.40. The molecule has 3 N–H and O–H groups in total. The standard InChI is InChI=1S/C11H15NO2/c1-7(2)10(12)11(14)8-3-5-9(13)6-4-8/h3-7,10,13H,12H2,1-2H3. The largest absolute Gasteiger partial charge is 0.508 e. The van der Waals surface area contributed by atoms with Gasteiger partial charge in [-0.25, -0.2) is 0 Å². The second-order valence-corrected chi connectivity index (χ2v) is 3.68. The van der Waals surface area contributed by atoms with Crippen LogP contribution in [0.1, 0.15) is 24.2 Å². The Kier molecular flexibility index (Phi) is 3.25. The van der Waals surface area contributed by atoms with Crippen LogP contribution in [0.15, 0.2) is 24.3 Å². The molecule has 3 heteroatoms. The molecule has 3 nitrogen and oxygen atoms in total. The van der Waals surface area contributed by atoms with Crippen molar-refractivity contribution in [2.75, 3.05) is 0 Å². The summed E-state index contributed by atoms with van der Waals surface area (Å²) in [5, 5.41) is 9.04. The normalized spacial score (nSPS) is 12.9. The molecule has 1 aromatic rings. The lowest BCUT2D eigenvalue weighted by molar-refractivity contribution is 0.0940. The first-order chi connectivity index (χ1) is 6.52. The molecule has 0 spiro atoms. The van der Waals surface area contributed by atoms with Crippen LogP contribution in [0.4, 0.5) is 0 Å². The highest BCUT2D eigenvalue weighted by molar-refractivity contribution is 6.00. The number of phenolic OH excluding ortho intramolecular Hbond substituents is 1. The fraction of sp³-hybridized carbons (Fsp3) is 0.364. The maximum Gasteiger partial charge on any atom is 0.179 e. The molecule has 0 saturated carbocycles. The van der Waals surface area contributed by atoms with Gasteiger partial charge in [0.25, 0.3) is 0 Å². The van der Waals surface area contributed by atoms with E-state index in [1.54, 1.807) is 12.1 Å². The predicted molar refractivity (Wildman–Crippen MR) is 55.3 cm³/mol. The van der Waals surface area contributed by atoms with Gasteiger partial charge < -0.3 is 10.8 Å². The Morgan fingerprint density at radius 3 is 2.21 bits per heavy atom. The number of hydrogen-bond donors (Lipinski definition) is 2. The van der Waals surface area contributed by atoms with Crippen molar-refractivity contribution < 1.29 is 9.90 Å². The van der Waals surface area contributed by atoms with Crippen LogP contribution in [0.25, 0.3) is 0 Å². The second-order valence-electron chi connectivity index (χ2n) is 3.68. The Morgan fingerprint density at radius 1 is 1.29 bits per heavy atom. The molecule has 1 atom stereocenters. The number of ketones is 1.